The molecule has 2 aromatic rings. The molecule has 2 rings (SSSR count). The molecule has 0 saturated heterocycles. The molecule has 0 saturated carbocycles. The van der Waals surface area contributed by atoms with Crippen molar-refractivity contribution < 1.29 is 14.3 Å². The van der Waals surface area contributed by atoms with E-state index in [0.29, 0.717) is 5.56 Å². The van der Waals surface area contributed by atoms with E-state index in [0.717, 1.165) is 21.5 Å². The lowest BCUT2D eigenvalue weighted by Crippen LogP contribution is -2.50. The number of hydrogen-bond donors (Lipinski definition) is 1. The summed E-state index contributed by atoms with van der Waals surface area (Å²) in [6.07, 6.45) is 1.45. The number of benzene rings is 1. The maximum Gasteiger partial charge on any atom is 0.349 e. The molecule has 7 nitrogen and oxygen atoms in total. The molecule has 1 amide bonds. The van der Waals surface area contributed by atoms with E-state index in [9.17, 15) is 20.1 Å². The summed E-state index contributed by atoms with van der Waals surface area (Å²) < 4.78 is 7.99. The number of ether oxygens (including phenoxy) is 1. The van der Waals surface area contributed by atoms with Gasteiger partial charge in [0, 0.05) is 21.5 Å². The van der Waals surface area contributed by atoms with Gasteiger partial charge in [-0.05, 0) is 68.7 Å². The van der Waals surface area contributed by atoms with E-state index in [-0.39, 0.29) is 11.5 Å². The first-order valence-corrected chi connectivity index (χ1v) is 10.8. The summed E-state index contributed by atoms with van der Waals surface area (Å²) in [5.74, 6) is -1.65. The Morgan fingerprint density at radius 1 is 1.25 bits per heavy atom. The fourth-order valence-electron chi connectivity index (χ4n) is 3.05. The summed E-state index contributed by atoms with van der Waals surface area (Å²) >= 11 is 3.42. The van der Waals surface area contributed by atoms with Gasteiger partial charge in [0.1, 0.15) is 17.2 Å². The van der Waals surface area contributed by atoms with Crippen LogP contribution in [0.5, 0.6) is 0 Å². The van der Waals surface area contributed by atoms with Gasteiger partial charge in [0.05, 0.1) is 6.07 Å². The normalized spacial score (nSPS) is 13.1. The van der Waals surface area contributed by atoms with Gasteiger partial charge >= 0.3 is 5.97 Å². The fourth-order valence-corrected chi connectivity index (χ4v) is 3.31. The SMILES string of the molecule is Cc1cc(C=C(C#N)C(=O)OCC(=O)NC(C)(C#N)C(C)C)c(C)n1-c1ccc(Br)cc1. The Morgan fingerprint density at radius 2 is 1.88 bits per heavy atom. The molecule has 8 heteroatoms. The van der Waals surface area contributed by atoms with Crippen LogP contribution in [0, 0.1) is 42.4 Å². The Bertz CT molecular complexity index is 1130. The van der Waals surface area contributed by atoms with Crippen molar-refractivity contribution in [2.75, 3.05) is 6.61 Å². The molecular weight excluding hydrogens is 472 g/mol. The van der Waals surface area contributed by atoms with Crippen molar-refractivity contribution >= 4 is 33.9 Å². The van der Waals surface area contributed by atoms with Crippen LogP contribution < -0.4 is 5.32 Å². The number of nitrogens with zero attached hydrogens (tertiary/aromatic N) is 3. The highest BCUT2D eigenvalue weighted by atomic mass is 79.9. The van der Waals surface area contributed by atoms with Gasteiger partial charge in [0.2, 0.25) is 0 Å². The summed E-state index contributed by atoms with van der Waals surface area (Å²) in [5, 5.41) is 21.3. The highest BCUT2D eigenvalue weighted by Gasteiger charge is 2.30. The van der Waals surface area contributed by atoms with Crippen LogP contribution in [0.15, 0.2) is 40.4 Å². The van der Waals surface area contributed by atoms with Gasteiger partial charge in [-0.2, -0.15) is 10.5 Å². The predicted molar refractivity (Wildman–Crippen MR) is 124 cm³/mol. The molecule has 1 aromatic carbocycles. The fraction of sp³-hybridized carbons (Fsp3) is 0.333. The third-order valence-electron chi connectivity index (χ3n) is 5.32. The lowest BCUT2D eigenvalue weighted by molar-refractivity contribution is -0.144. The quantitative estimate of drug-likeness (QED) is 0.348. The van der Waals surface area contributed by atoms with Gasteiger partial charge in [-0.1, -0.05) is 29.8 Å². The molecule has 1 atom stereocenters. The summed E-state index contributed by atoms with van der Waals surface area (Å²) in [6, 6.07) is 13.6. The first-order valence-electron chi connectivity index (χ1n) is 9.98. The molecule has 1 heterocycles. The maximum absolute atomic E-state index is 12.4. The number of esters is 1. The number of amides is 1. The number of nitriles is 2. The third-order valence-corrected chi connectivity index (χ3v) is 5.84. The molecule has 0 spiro atoms. The highest BCUT2D eigenvalue weighted by Crippen LogP contribution is 2.24. The molecule has 0 aliphatic rings. The number of aryl methyl sites for hydroxylation is 1. The summed E-state index contributed by atoms with van der Waals surface area (Å²) in [6.45, 7) is 8.44. The minimum Gasteiger partial charge on any atom is -0.451 e. The molecule has 0 bridgehead atoms. The molecule has 1 N–H and O–H groups in total. The number of halogens is 1. The van der Waals surface area contributed by atoms with Crippen LogP contribution >= 0.6 is 15.9 Å². The van der Waals surface area contributed by atoms with Crippen LogP contribution in [-0.4, -0.2) is 28.6 Å². The average molecular weight is 497 g/mol. The van der Waals surface area contributed by atoms with Crippen molar-refractivity contribution in [2.24, 2.45) is 5.92 Å². The van der Waals surface area contributed by atoms with Crippen LogP contribution in [0.25, 0.3) is 11.8 Å². The van der Waals surface area contributed by atoms with E-state index < -0.39 is 24.0 Å². The summed E-state index contributed by atoms with van der Waals surface area (Å²) in [7, 11) is 0. The summed E-state index contributed by atoms with van der Waals surface area (Å²) in [5.41, 5.74) is 2.13. The summed E-state index contributed by atoms with van der Waals surface area (Å²) in [4.78, 5) is 24.5. The van der Waals surface area contributed by atoms with Gasteiger partial charge in [0.15, 0.2) is 6.61 Å². The molecule has 32 heavy (non-hydrogen) atoms. The van der Waals surface area contributed by atoms with Crippen LogP contribution in [0.4, 0.5) is 0 Å². The molecule has 0 aliphatic carbocycles. The third kappa shape index (κ3) is 5.66. The second kappa shape index (κ2) is 10.3. The lowest BCUT2D eigenvalue weighted by atomic mass is 9.90. The number of carbonyl (C=O) groups is 2. The van der Waals surface area contributed by atoms with Crippen molar-refractivity contribution in [3.8, 4) is 17.8 Å². The van der Waals surface area contributed by atoms with E-state index >= 15 is 0 Å². The van der Waals surface area contributed by atoms with Crippen LogP contribution in [0.1, 0.15) is 37.7 Å². The van der Waals surface area contributed by atoms with Crippen molar-refractivity contribution in [2.45, 2.75) is 40.2 Å². The van der Waals surface area contributed by atoms with E-state index in [1.165, 1.54) is 6.08 Å². The Kier molecular flexibility index (Phi) is 8.02. The second-order valence-electron chi connectivity index (χ2n) is 7.90. The van der Waals surface area contributed by atoms with Gasteiger partial charge in [-0.15, -0.1) is 0 Å². The molecule has 0 aliphatic heterocycles. The number of carbonyl (C=O) groups excluding carboxylic acids is 2. The average Bonchev–Trinajstić information content (AvgIpc) is 3.03. The van der Waals surface area contributed by atoms with E-state index in [1.54, 1.807) is 20.8 Å². The topological polar surface area (TPSA) is 108 Å². The van der Waals surface area contributed by atoms with E-state index in [2.05, 4.69) is 27.3 Å². The van der Waals surface area contributed by atoms with Gasteiger partial charge in [0.25, 0.3) is 5.91 Å². The Labute approximate surface area is 196 Å². The number of hydrogen-bond acceptors (Lipinski definition) is 5. The minimum absolute atomic E-state index is 0.136. The standard InChI is InChI=1S/C24H25BrN4O3/c1-15(2)24(5,14-27)28-22(30)13-32-23(31)19(12-26)11-18-10-16(3)29(17(18)4)21-8-6-20(25)7-9-21/h6-11,15H,13H2,1-5H3,(H,28,30). The largest absolute Gasteiger partial charge is 0.451 e. The molecule has 1 unspecified atom stereocenters. The number of rotatable bonds is 7. The monoisotopic (exact) mass is 496 g/mol. The predicted octanol–water partition coefficient (Wildman–Crippen LogP) is 4.36. The Balaban J connectivity index is 2.18. The van der Waals surface area contributed by atoms with Gasteiger partial charge in [-0.3, -0.25) is 4.79 Å². The van der Waals surface area contributed by atoms with Crippen molar-refractivity contribution in [1.29, 1.82) is 10.5 Å². The first kappa shape index (κ1) is 24.9. The molecule has 0 radical (unpaired) electrons. The highest BCUT2D eigenvalue weighted by molar-refractivity contribution is 9.10. The maximum atomic E-state index is 12.4. The minimum atomic E-state index is -1.08. The molecule has 1 aromatic heterocycles. The van der Waals surface area contributed by atoms with Crippen LogP contribution in [0.2, 0.25) is 0 Å². The van der Waals surface area contributed by atoms with Crippen LogP contribution in [0.3, 0.4) is 0 Å². The first-order chi connectivity index (χ1) is 15.0. The molecular formula is C24H25BrN4O3. The number of aromatic nitrogens is 1. The smallest absolute Gasteiger partial charge is 0.349 e. The van der Waals surface area contributed by atoms with E-state index in [4.69, 9.17) is 4.74 Å². The van der Waals surface area contributed by atoms with Gasteiger partial charge in [-0.25, -0.2) is 4.79 Å². The zero-order chi connectivity index (χ0) is 24.1. The van der Waals surface area contributed by atoms with Crippen LogP contribution in [-0.2, 0) is 14.3 Å². The molecule has 166 valence electrons. The zero-order valence-electron chi connectivity index (χ0n) is 18.7. The number of nitrogens with one attached hydrogen (secondary N) is 1. The Morgan fingerprint density at radius 3 is 2.41 bits per heavy atom. The lowest BCUT2D eigenvalue weighted by Gasteiger charge is -2.27. The van der Waals surface area contributed by atoms with E-state index in [1.807, 2.05) is 54.8 Å². The van der Waals surface area contributed by atoms with Crippen molar-refractivity contribution in [1.82, 2.24) is 9.88 Å². The van der Waals surface area contributed by atoms with Crippen molar-refractivity contribution in [3.63, 3.8) is 0 Å². The van der Waals surface area contributed by atoms with Gasteiger partial charge < -0.3 is 14.6 Å². The second-order valence-corrected chi connectivity index (χ2v) is 8.82. The Hall–Kier alpha value is -3.36. The van der Waals surface area contributed by atoms with Crippen molar-refractivity contribution in [3.05, 3.63) is 57.3 Å². The molecule has 0 fully saturated rings. The zero-order valence-corrected chi connectivity index (χ0v) is 20.3.